The Balaban J connectivity index is 1.74. The van der Waals surface area contributed by atoms with E-state index in [2.05, 4.69) is 10.3 Å². The molecular formula is C11H17N3O2. The van der Waals surface area contributed by atoms with E-state index in [1.54, 1.807) is 0 Å². The highest BCUT2D eigenvalue weighted by molar-refractivity contribution is 4.97. The van der Waals surface area contributed by atoms with Crippen LogP contribution in [-0.4, -0.2) is 32.3 Å². The van der Waals surface area contributed by atoms with Gasteiger partial charge in [0.25, 0.3) is 0 Å². The molecule has 0 radical (unpaired) electrons. The predicted octanol–water partition coefficient (Wildman–Crippen LogP) is 1.04. The van der Waals surface area contributed by atoms with Gasteiger partial charge in [-0.15, -0.1) is 5.10 Å². The van der Waals surface area contributed by atoms with Crippen molar-refractivity contribution in [3.05, 3.63) is 11.9 Å². The molecule has 1 saturated carbocycles. The van der Waals surface area contributed by atoms with Gasteiger partial charge in [0, 0.05) is 6.61 Å². The molecule has 1 atom stereocenters. The number of ether oxygens (including phenoxy) is 1. The molecule has 1 aliphatic carbocycles. The lowest BCUT2D eigenvalue weighted by atomic mass is 9.74. The van der Waals surface area contributed by atoms with Crippen molar-refractivity contribution in [1.82, 2.24) is 15.0 Å². The second-order valence-electron chi connectivity index (χ2n) is 4.88. The molecule has 3 rings (SSSR count). The average molecular weight is 223 g/mol. The van der Waals surface area contributed by atoms with Crippen LogP contribution < -0.4 is 0 Å². The highest BCUT2D eigenvalue weighted by Crippen LogP contribution is 2.45. The Kier molecular flexibility index (Phi) is 2.44. The minimum absolute atomic E-state index is 0.0334. The van der Waals surface area contributed by atoms with Crippen molar-refractivity contribution >= 4 is 0 Å². The maximum Gasteiger partial charge on any atom is 0.108 e. The summed E-state index contributed by atoms with van der Waals surface area (Å²) in [7, 11) is 0. The predicted molar refractivity (Wildman–Crippen MR) is 56.7 cm³/mol. The Labute approximate surface area is 94.4 Å². The molecular weight excluding hydrogens is 206 g/mol. The maximum absolute atomic E-state index is 8.97. The lowest BCUT2D eigenvalue weighted by molar-refractivity contribution is -0.141. The molecule has 2 aliphatic rings. The topological polar surface area (TPSA) is 60.2 Å². The first-order valence-electron chi connectivity index (χ1n) is 5.97. The Hall–Kier alpha value is -0.940. The lowest BCUT2D eigenvalue weighted by Gasteiger charge is -2.47. The molecule has 2 fully saturated rings. The van der Waals surface area contributed by atoms with E-state index in [1.807, 2.05) is 10.9 Å². The SMILES string of the molecule is OCc1cn(C2CCOC3(CCC3)C2)nn1. The molecule has 1 aromatic rings. The van der Waals surface area contributed by atoms with Crippen LogP contribution in [0.5, 0.6) is 0 Å². The van der Waals surface area contributed by atoms with Crippen molar-refractivity contribution in [3.8, 4) is 0 Å². The Morgan fingerprint density at radius 2 is 2.44 bits per heavy atom. The van der Waals surface area contributed by atoms with Crippen molar-refractivity contribution < 1.29 is 9.84 Å². The first-order chi connectivity index (χ1) is 7.81. The zero-order valence-electron chi connectivity index (χ0n) is 9.30. The van der Waals surface area contributed by atoms with Crippen molar-refractivity contribution in [3.63, 3.8) is 0 Å². The third-order valence-electron chi connectivity index (χ3n) is 3.83. The minimum Gasteiger partial charge on any atom is -0.390 e. The second-order valence-corrected chi connectivity index (χ2v) is 4.88. The fourth-order valence-corrected chi connectivity index (χ4v) is 2.71. The summed E-state index contributed by atoms with van der Waals surface area (Å²) in [5.74, 6) is 0. The fourth-order valence-electron chi connectivity index (χ4n) is 2.71. The van der Waals surface area contributed by atoms with Gasteiger partial charge >= 0.3 is 0 Å². The summed E-state index contributed by atoms with van der Waals surface area (Å²) in [6, 6.07) is 0.391. The molecule has 88 valence electrons. The van der Waals surface area contributed by atoms with Crippen LogP contribution in [0, 0.1) is 0 Å². The zero-order chi connectivity index (χ0) is 11.0. The smallest absolute Gasteiger partial charge is 0.108 e. The van der Waals surface area contributed by atoms with Crippen LogP contribution in [0.4, 0.5) is 0 Å². The molecule has 16 heavy (non-hydrogen) atoms. The van der Waals surface area contributed by atoms with Gasteiger partial charge in [0.1, 0.15) is 5.69 Å². The van der Waals surface area contributed by atoms with E-state index >= 15 is 0 Å². The Bertz CT molecular complexity index is 373. The Morgan fingerprint density at radius 3 is 3.06 bits per heavy atom. The molecule has 1 aromatic heterocycles. The number of aromatic nitrogens is 3. The van der Waals surface area contributed by atoms with Gasteiger partial charge in [-0.25, -0.2) is 4.68 Å². The number of aliphatic hydroxyl groups is 1. The second kappa shape index (κ2) is 3.82. The van der Waals surface area contributed by atoms with Crippen LogP contribution >= 0.6 is 0 Å². The van der Waals surface area contributed by atoms with Crippen molar-refractivity contribution in [2.75, 3.05) is 6.61 Å². The largest absolute Gasteiger partial charge is 0.390 e. The van der Waals surface area contributed by atoms with E-state index in [0.29, 0.717) is 11.7 Å². The van der Waals surface area contributed by atoms with E-state index in [-0.39, 0.29) is 12.2 Å². The minimum atomic E-state index is -0.0334. The summed E-state index contributed by atoms with van der Waals surface area (Å²) < 4.78 is 7.77. The summed E-state index contributed by atoms with van der Waals surface area (Å²) in [6.07, 6.45) is 7.54. The van der Waals surface area contributed by atoms with Gasteiger partial charge in [-0.3, -0.25) is 0 Å². The van der Waals surface area contributed by atoms with E-state index in [1.165, 1.54) is 19.3 Å². The molecule has 1 unspecified atom stereocenters. The fraction of sp³-hybridized carbons (Fsp3) is 0.818. The van der Waals surface area contributed by atoms with Gasteiger partial charge in [-0.05, 0) is 32.1 Å². The van der Waals surface area contributed by atoms with Crippen LogP contribution in [0.3, 0.4) is 0 Å². The highest BCUT2D eigenvalue weighted by atomic mass is 16.5. The first-order valence-corrected chi connectivity index (χ1v) is 5.97. The summed E-state index contributed by atoms with van der Waals surface area (Å²) in [6.45, 7) is 0.785. The molecule has 5 nitrogen and oxygen atoms in total. The molecule has 0 amide bonds. The maximum atomic E-state index is 8.97. The molecule has 1 aliphatic heterocycles. The van der Waals surface area contributed by atoms with Crippen LogP contribution in [0.25, 0.3) is 0 Å². The molecule has 0 aromatic carbocycles. The summed E-state index contributed by atoms with van der Waals surface area (Å²) in [5, 5.41) is 17.0. The van der Waals surface area contributed by atoms with Gasteiger partial charge in [-0.2, -0.15) is 0 Å². The summed E-state index contributed by atoms with van der Waals surface area (Å²) >= 11 is 0. The Morgan fingerprint density at radius 1 is 1.56 bits per heavy atom. The first kappa shape index (κ1) is 10.2. The van der Waals surface area contributed by atoms with Gasteiger partial charge in [-0.1, -0.05) is 5.21 Å². The molecule has 1 spiro atoms. The molecule has 0 bridgehead atoms. The molecule has 1 saturated heterocycles. The van der Waals surface area contributed by atoms with E-state index < -0.39 is 0 Å². The zero-order valence-corrected chi connectivity index (χ0v) is 9.30. The average Bonchev–Trinajstić information content (AvgIpc) is 2.76. The van der Waals surface area contributed by atoms with Gasteiger partial charge in [0.15, 0.2) is 0 Å². The third kappa shape index (κ3) is 1.64. The van der Waals surface area contributed by atoms with Crippen LogP contribution in [0.2, 0.25) is 0 Å². The van der Waals surface area contributed by atoms with Crippen LogP contribution in [-0.2, 0) is 11.3 Å². The van der Waals surface area contributed by atoms with Gasteiger partial charge in [0.2, 0.25) is 0 Å². The molecule has 1 N–H and O–H groups in total. The van der Waals surface area contributed by atoms with E-state index in [4.69, 9.17) is 9.84 Å². The van der Waals surface area contributed by atoms with Crippen molar-refractivity contribution in [2.24, 2.45) is 0 Å². The van der Waals surface area contributed by atoms with Crippen molar-refractivity contribution in [1.29, 1.82) is 0 Å². The summed E-state index contributed by atoms with van der Waals surface area (Å²) in [4.78, 5) is 0. The molecule has 5 heteroatoms. The molecule has 2 heterocycles. The van der Waals surface area contributed by atoms with E-state index in [9.17, 15) is 0 Å². The normalized spacial score (nSPS) is 27.9. The number of nitrogens with zero attached hydrogens (tertiary/aromatic N) is 3. The third-order valence-corrected chi connectivity index (χ3v) is 3.83. The van der Waals surface area contributed by atoms with Crippen LogP contribution in [0.1, 0.15) is 43.8 Å². The van der Waals surface area contributed by atoms with Gasteiger partial charge in [0.05, 0.1) is 24.4 Å². The summed E-state index contributed by atoms with van der Waals surface area (Å²) in [5.41, 5.74) is 0.781. The standard InChI is InChI=1S/C11H17N3O2/c15-8-9-7-14(13-12-9)10-2-5-16-11(6-10)3-1-4-11/h7,10,15H,1-6,8H2. The number of rotatable bonds is 2. The highest BCUT2D eigenvalue weighted by Gasteiger charge is 2.43. The number of hydrogen-bond donors (Lipinski definition) is 1. The number of aliphatic hydroxyl groups excluding tert-OH is 1. The number of hydrogen-bond acceptors (Lipinski definition) is 4. The quantitative estimate of drug-likeness (QED) is 0.814. The van der Waals surface area contributed by atoms with E-state index in [0.717, 1.165) is 19.4 Å². The lowest BCUT2D eigenvalue weighted by Crippen LogP contribution is -2.46. The van der Waals surface area contributed by atoms with Crippen LogP contribution in [0.15, 0.2) is 6.20 Å². The van der Waals surface area contributed by atoms with Crippen molar-refractivity contribution in [2.45, 2.75) is 50.4 Å². The monoisotopic (exact) mass is 223 g/mol. The van der Waals surface area contributed by atoms with Gasteiger partial charge < -0.3 is 9.84 Å².